The lowest BCUT2D eigenvalue weighted by molar-refractivity contribution is -0.146. The summed E-state index contributed by atoms with van der Waals surface area (Å²) >= 11 is 0. The number of carbonyl (C=O) groups excluding carboxylic acids is 2. The predicted octanol–water partition coefficient (Wildman–Crippen LogP) is 3.87. The van der Waals surface area contributed by atoms with Gasteiger partial charge in [0.05, 0.1) is 5.56 Å². The second kappa shape index (κ2) is 7.03. The maximum atomic E-state index is 13.6. The molecule has 1 N–H and O–H groups in total. The quantitative estimate of drug-likeness (QED) is 0.718. The third-order valence-electron chi connectivity index (χ3n) is 4.54. The lowest BCUT2D eigenvalue weighted by Gasteiger charge is -2.15. The van der Waals surface area contributed by atoms with Crippen LogP contribution in [0, 0.1) is 5.82 Å². The number of hydrogen-bond donors (Lipinski definition) is 1. The average molecular weight is 361 g/mol. The summed E-state index contributed by atoms with van der Waals surface area (Å²) in [4.78, 5) is 24.4. The first-order chi connectivity index (χ1) is 13.1. The van der Waals surface area contributed by atoms with E-state index in [1.54, 1.807) is 6.07 Å². The van der Waals surface area contributed by atoms with E-state index < -0.39 is 23.8 Å². The molecule has 0 atom stereocenters. The van der Waals surface area contributed by atoms with Crippen molar-refractivity contribution in [1.82, 2.24) is 5.32 Å². The molecule has 0 fully saturated rings. The zero-order chi connectivity index (χ0) is 18.8. The number of esters is 1. The first kappa shape index (κ1) is 17.0. The Bertz CT molecular complexity index is 986. The lowest BCUT2D eigenvalue weighted by atomic mass is 10.1. The molecule has 4 nitrogen and oxygen atoms in total. The van der Waals surface area contributed by atoms with Crippen LogP contribution < -0.4 is 5.32 Å². The average Bonchev–Trinajstić information content (AvgIpc) is 3.01. The molecule has 1 amide bonds. The van der Waals surface area contributed by atoms with Gasteiger partial charge >= 0.3 is 5.97 Å². The summed E-state index contributed by atoms with van der Waals surface area (Å²) < 4.78 is 19.3. The Balaban J connectivity index is 1.47. The molecule has 0 aliphatic heterocycles. The fourth-order valence-electron chi connectivity index (χ4n) is 3.30. The molecule has 1 aliphatic rings. The number of carbonyl (C=O) groups is 2. The zero-order valence-electron chi connectivity index (χ0n) is 14.3. The van der Waals surface area contributed by atoms with E-state index >= 15 is 0 Å². The zero-order valence-corrected chi connectivity index (χ0v) is 14.3. The standard InChI is InChI=1S/C22H16FNO3/c23-19-12-6-5-11-18(19)22(26)24-13-20(25)27-21-16-9-3-1-7-14(16)15-8-2-4-10-17(15)21/h1-12,21H,13H2,(H,24,26). The number of benzene rings is 3. The molecule has 0 saturated carbocycles. The van der Waals surface area contributed by atoms with Gasteiger partial charge in [-0.1, -0.05) is 60.7 Å². The van der Waals surface area contributed by atoms with Crippen LogP contribution in [-0.2, 0) is 9.53 Å². The van der Waals surface area contributed by atoms with Crippen molar-refractivity contribution in [2.45, 2.75) is 6.10 Å². The van der Waals surface area contributed by atoms with Gasteiger partial charge in [-0.25, -0.2) is 4.39 Å². The maximum Gasteiger partial charge on any atom is 0.326 e. The van der Waals surface area contributed by atoms with Crippen LogP contribution in [0.1, 0.15) is 27.6 Å². The van der Waals surface area contributed by atoms with Gasteiger partial charge in [0.1, 0.15) is 12.4 Å². The van der Waals surface area contributed by atoms with Crippen molar-refractivity contribution < 1.29 is 18.7 Å². The van der Waals surface area contributed by atoms with Gasteiger partial charge in [0.15, 0.2) is 6.10 Å². The summed E-state index contributed by atoms with van der Waals surface area (Å²) in [5.41, 5.74) is 3.77. The molecule has 1 aliphatic carbocycles. The highest BCUT2D eigenvalue weighted by atomic mass is 19.1. The Hall–Kier alpha value is -3.47. The van der Waals surface area contributed by atoms with Gasteiger partial charge in [0.25, 0.3) is 5.91 Å². The number of hydrogen-bond acceptors (Lipinski definition) is 3. The van der Waals surface area contributed by atoms with Gasteiger partial charge in [-0.3, -0.25) is 9.59 Å². The molecule has 0 unspecified atom stereocenters. The lowest BCUT2D eigenvalue weighted by Crippen LogP contribution is -2.31. The molecule has 0 saturated heterocycles. The molecular weight excluding hydrogens is 345 g/mol. The number of ether oxygens (including phenoxy) is 1. The molecule has 0 heterocycles. The second-order valence-electron chi connectivity index (χ2n) is 6.21. The van der Waals surface area contributed by atoms with Crippen molar-refractivity contribution in [1.29, 1.82) is 0 Å². The Morgan fingerprint density at radius 3 is 2.04 bits per heavy atom. The Morgan fingerprint density at radius 2 is 1.41 bits per heavy atom. The van der Waals surface area contributed by atoms with Crippen molar-refractivity contribution in [2.24, 2.45) is 0 Å². The van der Waals surface area contributed by atoms with E-state index in [1.807, 2.05) is 48.5 Å². The van der Waals surface area contributed by atoms with Gasteiger partial charge in [-0.2, -0.15) is 0 Å². The van der Waals surface area contributed by atoms with Crippen LogP contribution in [0.4, 0.5) is 4.39 Å². The maximum absolute atomic E-state index is 13.6. The molecule has 134 valence electrons. The highest BCUT2D eigenvalue weighted by Gasteiger charge is 2.31. The van der Waals surface area contributed by atoms with Crippen molar-refractivity contribution in [3.05, 3.63) is 95.3 Å². The predicted molar refractivity (Wildman–Crippen MR) is 98.5 cm³/mol. The summed E-state index contributed by atoms with van der Waals surface area (Å²) in [6.45, 7) is -0.339. The summed E-state index contributed by atoms with van der Waals surface area (Å²) in [6, 6.07) is 21.1. The number of nitrogens with one attached hydrogen (secondary N) is 1. The number of amides is 1. The largest absolute Gasteiger partial charge is 0.451 e. The highest BCUT2D eigenvalue weighted by molar-refractivity contribution is 5.96. The van der Waals surface area contributed by atoms with Gasteiger partial charge < -0.3 is 10.1 Å². The van der Waals surface area contributed by atoms with Crippen molar-refractivity contribution in [3.8, 4) is 11.1 Å². The molecule has 3 aromatic rings. The van der Waals surface area contributed by atoms with Crippen LogP contribution in [-0.4, -0.2) is 18.4 Å². The van der Waals surface area contributed by atoms with E-state index in [4.69, 9.17) is 4.74 Å². The van der Waals surface area contributed by atoms with E-state index in [-0.39, 0.29) is 12.1 Å². The van der Waals surface area contributed by atoms with Gasteiger partial charge in [-0.15, -0.1) is 0 Å². The summed E-state index contributed by atoms with van der Waals surface area (Å²) in [7, 11) is 0. The Labute approximate surface area is 155 Å². The fourth-order valence-corrected chi connectivity index (χ4v) is 3.30. The van der Waals surface area contributed by atoms with Crippen molar-refractivity contribution in [3.63, 3.8) is 0 Å². The SMILES string of the molecule is O=C(CNC(=O)c1ccccc1F)OC1c2ccccc2-c2ccccc21. The highest BCUT2D eigenvalue weighted by Crippen LogP contribution is 2.44. The van der Waals surface area contributed by atoms with E-state index in [1.165, 1.54) is 18.2 Å². The Kier molecular flexibility index (Phi) is 4.42. The van der Waals surface area contributed by atoms with E-state index in [0.29, 0.717) is 0 Å². The minimum Gasteiger partial charge on any atom is -0.451 e. The smallest absolute Gasteiger partial charge is 0.326 e. The molecule has 27 heavy (non-hydrogen) atoms. The van der Waals surface area contributed by atoms with E-state index in [2.05, 4.69) is 5.32 Å². The topological polar surface area (TPSA) is 55.4 Å². The molecule has 3 aromatic carbocycles. The summed E-state index contributed by atoms with van der Waals surface area (Å²) in [6.07, 6.45) is -0.518. The van der Waals surface area contributed by atoms with Crippen LogP contribution in [0.3, 0.4) is 0 Å². The first-order valence-corrected chi connectivity index (χ1v) is 8.55. The molecular formula is C22H16FNO3. The first-order valence-electron chi connectivity index (χ1n) is 8.55. The minimum atomic E-state index is -0.655. The molecule has 5 heteroatoms. The van der Waals surface area contributed by atoms with Crippen LogP contribution in [0.15, 0.2) is 72.8 Å². The molecule has 0 radical (unpaired) electrons. The van der Waals surface area contributed by atoms with Gasteiger partial charge in [0.2, 0.25) is 0 Å². The van der Waals surface area contributed by atoms with E-state index in [0.717, 1.165) is 22.3 Å². The van der Waals surface area contributed by atoms with Crippen molar-refractivity contribution >= 4 is 11.9 Å². The molecule has 0 aromatic heterocycles. The molecule has 0 bridgehead atoms. The van der Waals surface area contributed by atoms with Crippen LogP contribution in [0.5, 0.6) is 0 Å². The van der Waals surface area contributed by atoms with Crippen LogP contribution in [0.2, 0.25) is 0 Å². The third kappa shape index (κ3) is 3.19. The molecule has 0 spiro atoms. The van der Waals surface area contributed by atoms with Gasteiger partial charge in [-0.05, 0) is 23.3 Å². The monoisotopic (exact) mass is 361 g/mol. The van der Waals surface area contributed by atoms with Crippen LogP contribution in [0.25, 0.3) is 11.1 Å². The number of halogens is 1. The normalized spacial score (nSPS) is 12.2. The molecule has 4 rings (SSSR count). The second-order valence-corrected chi connectivity index (χ2v) is 6.21. The van der Waals surface area contributed by atoms with Gasteiger partial charge in [0, 0.05) is 11.1 Å². The Morgan fingerprint density at radius 1 is 0.852 bits per heavy atom. The summed E-state index contributed by atoms with van der Waals surface area (Å²) in [5.74, 6) is -1.88. The van der Waals surface area contributed by atoms with Crippen molar-refractivity contribution in [2.75, 3.05) is 6.54 Å². The fraction of sp³-hybridized carbons (Fsp3) is 0.0909. The third-order valence-corrected chi connectivity index (χ3v) is 4.54. The van der Waals surface area contributed by atoms with Crippen LogP contribution >= 0.6 is 0 Å². The number of fused-ring (bicyclic) bond motifs is 3. The summed E-state index contributed by atoms with van der Waals surface area (Å²) in [5, 5.41) is 2.41. The minimum absolute atomic E-state index is 0.109. The number of rotatable bonds is 4. The van der Waals surface area contributed by atoms with E-state index in [9.17, 15) is 14.0 Å².